The lowest BCUT2D eigenvalue weighted by molar-refractivity contribution is 1.50. The molecular weight excluding hydrogens is 372 g/mol. The molecule has 5 aromatic rings. The average molecular weight is 393 g/mol. The highest BCUT2D eigenvalue weighted by Crippen LogP contribution is 2.33. The van der Waals surface area contributed by atoms with Crippen LogP contribution in [0.4, 0.5) is 0 Å². The topological polar surface area (TPSA) is 0 Å². The lowest BCUT2D eigenvalue weighted by atomic mass is 9.91. The summed E-state index contributed by atoms with van der Waals surface area (Å²) in [7, 11) is 0. The highest BCUT2D eigenvalue weighted by atomic mass is 14.1. The summed E-state index contributed by atoms with van der Waals surface area (Å²) in [5.41, 5.74) is 5.36. The first-order valence-corrected chi connectivity index (χ1v) is 10.4. The van der Waals surface area contributed by atoms with Crippen LogP contribution in [-0.4, -0.2) is 0 Å². The summed E-state index contributed by atoms with van der Waals surface area (Å²) in [5, 5.41) is 4.57. The van der Waals surface area contributed by atoms with E-state index in [2.05, 4.69) is 73.1 Å². The van der Waals surface area contributed by atoms with Gasteiger partial charge in [-0.3, -0.25) is 0 Å². The number of aryl methyl sites for hydroxylation is 1. The van der Waals surface area contributed by atoms with Crippen molar-refractivity contribution in [2.24, 2.45) is 0 Å². The van der Waals surface area contributed by atoms with Gasteiger partial charge in [0.25, 0.3) is 0 Å². The summed E-state index contributed by atoms with van der Waals surface area (Å²) < 4.78 is 0. The van der Waals surface area contributed by atoms with E-state index < -0.39 is 0 Å². The molecule has 0 bridgehead atoms. The molecule has 0 heterocycles. The minimum absolute atomic E-state index is 1.01. The van der Waals surface area contributed by atoms with Crippen LogP contribution < -0.4 is 0 Å². The molecule has 0 aliphatic heterocycles. The Balaban J connectivity index is 1.82. The first-order valence-electron chi connectivity index (χ1n) is 10.4. The highest BCUT2D eigenvalue weighted by molar-refractivity contribution is 6.10. The van der Waals surface area contributed by atoms with Gasteiger partial charge in [0.1, 0.15) is 0 Å². The summed E-state index contributed by atoms with van der Waals surface area (Å²) in [5.74, 6) is 13.7. The lowest BCUT2D eigenvalue weighted by Gasteiger charge is -2.11. The van der Waals surface area contributed by atoms with Gasteiger partial charge in [-0.1, -0.05) is 108 Å². The maximum atomic E-state index is 3.48. The van der Waals surface area contributed by atoms with Crippen LogP contribution in [-0.2, 0) is 0 Å². The van der Waals surface area contributed by atoms with Gasteiger partial charge in [-0.15, -0.1) is 0 Å². The Morgan fingerprint density at radius 3 is 1.42 bits per heavy atom. The molecule has 0 nitrogen and oxygen atoms in total. The van der Waals surface area contributed by atoms with E-state index in [0.29, 0.717) is 0 Å². The molecule has 0 aliphatic rings. The molecule has 144 valence electrons. The number of benzene rings is 5. The molecule has 0 saturated carbocycles. The van der Waals surface area contributed by atoms with Crippen molar-refractivity contribution in [2.75, 3.05) is 0 Å². The summed E-state index contributed by atoms with van der Waals surface area (Å²) in [6, 6.07) is 35.3. The van der Waals surface area contributed by atoms with Crippen molar-refractivity contribution in [3.8, 4) is 23.7 Å². The van der Waals surface area contributed by atoms with E-state index in [1.54, 1.807) is 0 Å². The van der Waals surface area contributed by atoms with Gasteiger partial charge in [-0.2, -0.15) is 0 Å². The van der Waals surface area contributed by atoms with E-state index in [1.807, 2.05) is 60.7 Å². The van der Waals surface area contributed by atoms with E-state index in [0.717, 1.165) is 43.8 Å². The summed E-state index contributed by atoms with van der Waals surface area (Å²) in [6.45, 7) is 2.12. The fourth-order valence-corrected chi connectivity index (χ4v) is 3.87. The van der Waals surface area contributed by atoms with Gasteiger partial charge in [0, 0.05) is 22.3 Å². The van der Waals surface area contributed by atoms with Crippen molar-refractivity contribution < 1.29 is 0 Å². The fourth-order valence-electron chi connectivity index (χ4n) is 3.87. The third kappa shape index (κ3) is 3.81. The minimum Gasteiger partial charge on any atom is -0.0622 e. The lowest BCUT2D eigenvalue weighted by Crippen LogP contribution is -1.91. The largest absolute Gasteiger partial charge is 0.0622 e. The first kappa shape index (κ1) is 18.7. The second-order valence-electron chi connectivity index (χ2n) is 7.58. The van der Waals surface area contributed by atoms with Gasteiger partial charge in [-0.25, -0.2) is 0 Å². The molecule has 0 spiro atoms. The monoisotopic (exact) mass is 392 g/mol. The van der Waals surface area contributed by atoms with Gasteiger partial charge in [-0.05, 0) is 52.7 Å². The van der Waals surface area contributed by atoms with E-state index in [4.69, 9.17) is 0 Å². The predicted molar refractivity (Wildman–Crippen MR) is 131 cm³/mol. The Morgan fingerprint density at radius 2 is 0.871 bits per heavy atom. The molecule has 5 rings (SSSR count). The van der Waals surface area contributed by atoms with Crippen LogP contribution >= 0.6 is 0 Å². The molecule has 0 aromatic heterocycles. The number of hydrogen-bond acceptors (Lipinski definition) is 0. The molecule has 0 saturated heterocycles. The maximum Gasteiger partial charge on any atom is 0.0406 e. The number of rotatable bonds is 0. The van der Waals surface area contributed by atoms with Crippen LogP contribution in [0.1, 0.15) is 27.8 Å². The van der Waals surface area contributed by atoms with E-state index in [9.17, 15) is 0 Å². The van der Waals surface area contributed by atoms with E-state index in [1.165, 1.54) is 5.56 Å². The zero-order valence-corrected chi connectivity index (χ0v) is 17.3. The standard InChI is InChI=1S/C31H20/c1-23-16-19-29-28(20-17-24-10-4-2-5-11-24)26-14-8-9-15-27(26)30(31(29)22-23)21-18-25-12-6-3-7-13-25/h2-16,19,22H,1H3. The molecule has 0 heteroatoms. The van der Waals surface area contributed by atoms with Crippen LogP contribution in [0.25, 0.3) is 21.5 Å². The van der Waals surface area contributed by atoms with Crippen molar-refractivity contribution in [1.82, 2.24) is 0 Å². The molecule has 0 unspecified atom stereocenters. The number of fused-ring (bicyclic) bond motifs is 2. The van der Waals surface area contributed by atoms with Crippen LogP contribution in [0.3, 0.4) is 0 Å². The molecule has 0 amide bonds. The molecule has 0 aliphatic carbocycles. The van der Waals surface area contributed by atoms with Crippen molar-refractivity contribution in [1.29, 1.82) is 0 Å². The van der Waals surface area contributed by atoms with Gasteiger partial charge in [0.05, 0.1) is 0 Å². The van der Waals surface area contributed by atoms with E-state index >= 15 is 0 Å². The quantitative estimate of drug-likeness (QED) is 0.195. The first-order chi connectivity index (χ1) is 15.3. The van der Waals surface area contributed by atoms with Crippen molar-refractivity contribution in [3.05, 3.63) is 131 Å². The van der Waals surface area contributed by atoms with Gasteiger partial charge in [0.2, 0.25) is 0 Å². The zero-order valence-electron chi connectivity index (χ0n) is 17.3. The second-order valence-corrected chi connectivity index (χ2v) is 7.58. The highest BCUT2D eigenvalue weighted by Gasteiger charge is 2.11. The normalized spacial score (nSPS) is 10.2. The summed E-state index contributed by atoms with van der Waals surface area (Å²) in [6.07, 6.45) is 0. The molecule has 0 fully saturated rings. The smallest absolute Gasteiger partial charge is 0.0406 e. The minimum atomic E-state index is 1.01. The Kier molecular flexibility index (Phi) is 4.98. The van der Waals surface area contributed by atoms with Crippen molar-refractivity contribution in [3.63, 3.8) is 0 Å². The third-order valence-electron chi connectivity index (χ3n) is 5.39. The van der Waals surface area contributed by atoms with Crippen LogP contribution in [0, 0.1) is 30.6 Å². The zero-order chi connectivity index (χ0) is 21.0. The molecule has 0 radical (unpaired) electrons. The average Bonchev–Trinajstić information content (AvgIpc) is 2.82. The van der Waals surface area contributed by atoms with Crippen molar-refractivity contribution >= 4 is 21.5 Å². The van der Waals surface area contributed by atoms with E-state index in [-0.39, 0.29) is 0 Å². The van der Waals surface area contributed by atoms with Gasteiger partial charge in [0.15, 0.2) is 0 Å². The Morgan fingerprint density at radius 1 is 0.419 bits per heavy atom. The molecule has 0 N–H and O–H groups in total. The van der Waals surface area contributed by atoms with Crippen LogP contribution in [0.5, 0.6) is 0 Å². The maximum absolute atomic E-state index is 3.48. The molecule has 31 heavy (non-hydrogen) atoms. The Labute approximate surface area is 183 Å². The fraction of sp³-hybridized carbons (Fsp3) is 0.0323. The van der Waals surface area contributed by atoms with Gasteiger partial charge < -0.3 is 0 Å². The number of hydrogen-bond donors (Lipinski definition) is 0. The summed E-state index contributed by atoms with van der Waals surface area (Å²) in [4.78, 5) is 0. The Bertz CT molecular complexity index is 1520. The SMILES string of the molecule is Cc1ccc2c(C#Cc3ccccc3)c3ccccc3c(C#Cc3ccccc3)c2c1. The van der Waals surface area contributed by atoms with Gasteiger partial charge >= 0.3 is 0 Å². The summed E-state index contributed by atoms with van der Waals surface area (Å²) >= 11 is 0. The van der Waals surface area contributed by atoms with Crippen molar-refractivity contribution in [2.45, 2.75) is 6.92 Å². The van der Waals surface area contributed by atoms with Crippen LogP contribution in [0.15, 0.2) is 103 Å². The Hall–Kier alpha value is -4.26. The second kappa shape index (κ2) is 8.23. The third-order valence-corrected chi connectivity index (χ3v) is 5.39. The molecule has 0 atom stereocenters. The molecular formula is C31H20. The predicted octanol–water partition coefficient (Wildman–Crippen LogP) is 7.10. The molecule has 5 aromatic carbocycles. The van der Waals surface area contributed by atoms with Crippen LogP contribution in [0.2, 0.25) is 0 Å².